The summed E-state index contributed by atoms with van der Waals surface area (Å²) in [6, 6.07) is 8.17. The van der Waals surface area contributed by atoms with Crippen LogP contribution in [0.5, 0.6) is 0 Å². The minimum atomic E-state index is -2.60. The van der Waals surface area contributed by atoms with E-state index in [1.165, 1.54) is 0 Å². The second-order valence-corrected chi connectivity index (χ2v) is 8.54. The van der Waals surface area contributed by atoms with Crippen molar-refractivity contribution in [1.82, 2.24) is 14.8 Å². The van der Waals surface area contributed by atoms with Crippen molar-refractivity contribution in [3.05, 3.63) is 35.5 Å². The van der Waals surface area contributed by atoms with Crippen LogP contribution in [-0.4, -0.2) is 34.3 Å². The van der Waals surface area contributed by atoms with Crippen molar-refractivity contribution in [2.45, 2.75) is 38.3 Å². The molecule has 0 bridgehead atoms. The number of ether oxygens (including phenoxy) is 1. The molecule has 2 N–H and O–H groups in total. The summed E-state index contributed by atoms with van der Waals surface area (Å²) < 4.78 is 36.5. The molecule has 6 rings (SSSR count). The summed E-state index contributed by atoms with van der Waals surface area (Å²) in [6.45, 7) is 2.41. The van der Waals surface area contributed by atoms with Gasteiger partial charge in [0, 0.05) is 59.1 Å². The fourth-order valence-electron chi connectivity index (χ4n) is 5.01. The van der Waals surface area contributed by atoms with Crippen LogP contribution in [0.4, 0.5) is 14.5 Å². The Bertz CT molecular complexity index is 1110. The van der Waals surface area contributed by atoms with Gasteiger partial charge < -0.3 is 15.0 Å². The van der Waals surface area contributed by atoms with Gasteiger partial charge in [-0.05, 0) is 24.6 Å². The third-order valence-electron chi connectivity index (χ3n) is 7.06. The molecule has 28 heavy (non-hydrogen) atoms. The van der Waals surface area contributed by atoms with Crippen LogP contribution in [0, 0.1) is 11.3 Å². The number of fused-ring (bicyclic) bond motifs is 3. The van der Waals surface area contributed by atoms with Crippen molar-refractivity contribution in [2.75, 3.05) is 19.0 Å². The quantitative estimate of drug-likeness (QED) is 0.705. The monoisotopic (exact) mass is 384 g/mol. The molecule has 1 unspecified atom stereocenters. The number of aromatic nitrogens is 3. The number of nitrogens with zero attached hydrogens (tertiary/aromatic N) is 2. The molecular formula is C21H22F2N4O. The molecule has 3 atom stereocenters. The number of rotatable bonds is 3. The van der Waals surface area contributed by atoms with Gasteiger partial charge >= 0.3 is 0 Å². The first-order valence-electron chi connectivity index (χ1n) is 9.83. The van der Waals surface area contributed by atoms with Gasteiger partial charge in [-0.2, -0.15) is 5.10 Å². The van der Waals surface area contributed by atoms with E-state index in [9.17, 15) is 8.78 Å². The van der Waals surface area contributed by atoms with E-state index in [-0.39, 0.29) is 6.23 Å². The smallest absolute Gasteiger partial charge is 0.258 e. The topological polar surface area (TPSA) is 54.9 Å². The second kappa shape index (κ2) is 5.14. The lowest BCUT2D eigenvalue weighted by Crippen LogP contribution is -2.29. The zero-order valence-electron chi connectivity index (χ0n) is 15.9. The van der Waals surface area contributed by atoms with E-state index in [0.29, 0.717) is 19.4 Å². The fraction of sp³-hybridized carbons (Fsp3) is 0.476. The van der Waals surface area contributed by atoms with E-state index in [1.807, 2.05) is 29.9 Å². The van der Waals surface area contributed by atoms with Crippen LogP contribution in [0.15, 0.2) is 24.3 Å². The zero-order valence-corrected chi connectivity index (χ0v) is 15.9. The Morgan fingerprint density at radius 3 is 2.86 bits per heavy atom. The van der Waals surface area contributed by atoms with Gasteiger partial charge in [-0.1, -0.05) is 13.0 Å². The largest absolute Gasteiger partial charge is 0.388 e. The zero-order chi connectivity index (χ0) is 19.3. The van der Waals surface area contributed by atoms with E-state index < -0.39 is 17.3 Å². The number of aromatic amines is 1. The fourth-order valence-corrected chi connectivity index (χ4v) is 5.01. The third kappa shape index (κ3) is 1.95. The average molecular weight is 384 g/mol. The lowest BCUT2D eigenvalue weighted by Gasteiger charge is -2.29. The normalized spacial score (nSPS) is 29.9. The van der Waals surface area contributed by atoms with E-state index in [4.69, 9.17) is 9.84 Å². The highest BCUT2D eigenvalue weighted by molar-refractivity contribution is 5.88. The highest BCUT2D eigenvalue weighted by Gasteiger charge is 2.78. The summed E-state index contributed by atoms with van der Waals surface area (Å²) >= 11 is 0. The van der Waals surface area contributed by atoms with Crippen molar-refractivity contribution < 1.29 is 13.5 Å². The minimum absolute atomic E-state index is 0.129. The maximum absolute atomic E-state index is 14.5. The Balaban J connectivity index is 1.50. The number of hydrogen-bond donors (Lipinski definition) is 2. The van der Waals surface area contributed by atoms with Gasteiger partial charge in [0.1, 0.15) is 5.69 Å². The predicted molar refractivity (Wildman–Crippen MR) is 103 cm³/mol. The molecule has 0 spiro atoms. The van der Waals surface area contributed by atoms with Crippen LogP contribution in [0.3, 0.4) is 0 Å². The molecule has 5 nitrogen and oxygen atoms in total. The average Bonchev–Trinajstić information content (AvgIpc) is 3.01. The van der Waals surface area contributed by atoms with Crippen LogP contribution in [-0.2, 0) is 17.6 Å². The molecule has 146 valence electrons. The molecule has 3 aromatic rings. The summed E-state index contributed by atoms with van der Waals surface area (Å²) in [6.07, 6.45) is 1.48. The lowest BCUT2D eigenvalue weighted by atomic mass is 9.87. The summed E-state index contributed by atoms with van der Waals surface area (Å²) in [7, 11) is 1.88. The van der Waals surface area contributed by atoms with Crippen molar-refractivity contribution in [1.29, 1.82) is 0 Å². The highest BCUT2D eigenvalue weighted by Crippen LogP contribution is 2.70. The molecule has 3 heterocycles. The SMILES string of the molecule is CNc1ccc2cc(-c3nn(C4CCO4)c4c3C[C@@H]3C(F)(F)[C@]3(C)C4)[nH]c2c1. The molecule has 1 aliphatic heterocycles. The molecule has 1 aromatic carbocycles. The third-order valence-corrected chi connectivity index (χ3v) is 7.06. The van der Waals surface area contributed by atoms with Crippen LogP contribution in [0.25, 0.3) is 22.3 Å². The van der Waals surface area contributed by atoms with Crippen LogP contribution < -0.4 is 5.32 Å². The Morgan fingerprint density at radius 1 is 1.32 bits per heavy atom. The number of alkyl halides is 2. The minimum Gasteiger partial charge on any atom is -0.388 e. The molecule has 1 saturated heterocycles. The second-order valence-electron chi connectivity index (χ2n) is 8.54. The van der Waals surface area contributed by atoms with E-state index >= 15 is 0 Å². The number of H-pyrrole nitrogens is 1. The summed E-state index contributed by atoms with van der Waals surface area (Å²) in [4.78, 5) is 3.44. The van der Waals surface area contributed by atoms with E-state index in [1.54, 1.807) is 6.92 Å². The van der Waals surface area contributed by atoms with Crippen molar-refractivity contribution in [2.24, 2.45) is 11.3 Å². The van der Waals surface area contributed by atoms with Gasteiger partial charge in [-0.15, -0.1) is 0 Å². The molecule has 1 saturated carbocycles. The summed E-state index contributed by atoms with van der Waals surface area (Å²) in [5, 5.41) is 9.07. The maximum atomic E-state index is 14.5. The Kier molecular flexibility index (Phi) is 3.04. The lowest BCUT2D eigenvalue weighted by molar-refractivity contribution is -0.108. The van der Waals surface area contributed by atoms with Gasteiger partial charge in [0.25, 0.3) is 5.92 Å². The van der Waals surface area contributed by atoms with Gasteiger partial charge in [0.2, 0.25) is 0 Å². The van der Waals surface area contributed by atoms with E-state index in [0.717, 1.165) is 45.7 Å². The Labute approximate surface area is 161 Å². The molecule has 3 aliphatic rings. The number of halogens is 2. The molecule has 0 amide bonds. The van der Waals surface area contributed by atoms with Crippen molar-refractivity contribution >= 4 is 16.6 Å². The predicted octanol–water partition coefficient (Wildman–Crippen LogP) is 4.36. The number of anilines is 1. The number of nitrogens with one attached hydrogen (secondary N) is 2. The molecule has 2 aromatic heterocycles. The standard InChI is InChI=1S/C21H22F2N4O/c1-20-10-16-13(9-17(20)21(20,22)23)19(26-27(16)18-5-6-28-18)15-7-11-3-4-12(24-2)8-14(11)25-15/h3-4,7-8,17-18,24-25H,5-6,9-10H2,1-2H3/t17-,18?,20+/m0/s1. The van der Waals surface area contributed by atoms with Crippen molar-refractivity contribution in [3.8, 4) is 11.4 Å². The first kappa shape index (κ1) is 16.5. The summed E-state index contributed by atoms with van der Waals surface area (Å²) in [5.41, 5.74) is 4.62. The van der Waals surface area contributed by atoms with Gasteiger partial charge in [-0.25, -0.2) is 13.5 Å². The Morgan fingerprint density at radius 2 is 2.14 bits per heavy atom. The van der Waals surface area contributed by atoms with Gasteiger partial charge in [0.05, 0.1) is 12.3 Å². The molecule has 0 radical (unpaired) electrons. The van der Waals surface area contributed by atoms with Crippen LogP contribution >= 0.6 is 0 Å². The molecule has 2 fully saturated rings. The number of benzene rings is 1. The molecule has 2 aliphatic carbocycles. The summed E-state index contributed by atoms with van der Waals surface area (Å²) in [5.74, 6) is -3.19. The molecule has 7 heteroatoms. The molecular weight excluding hydrogens is 362 g/mol. The van der Waals surface area contributed by atoms with Crippen molar-refractivity contribution in [3.63, 3.8) is 0 Å². The maximum Gasteiger partial charge on any atom is 0.258 e. The highest BCUT2D eigenvalue weighted by atomic mass is 19.3. The first-order valence-corrected chi connectivity index (χ1v) is 9.83. The Hall–Kier alpha value is -2.41. The first-order chi connectivity index (χ1) is 13.4. The number of hydrogen-bond acceptors (Lipinski definition) is 3. The van der Waals surface area contributed by atoms with Gasteiger partial charge in [-0.3, -0.25) is 0 Å². The van der Waals surface area contributed by atoms with Gasteiger partial charge in [0.15, 0.2) is 6.23 Å². The van der Waals surface area contributed by atoms with Crippen LogP contribution in [0.2, 0.25) is 0 Å². The van der Waals surface area contributed by atoms with Crippen LogP contribution in [0.1, 0.15) is 30.8 Å². The van der Waals surface area contributed by atoms with E-state index in [2.05, 4.69) is 16.4 Å².